The third-order valence-corrected chi connectivity index (χ3v) is 2.26. The van der Waals surface area contributed by atoms with E-state index in [0.717, 1.165) is 0 Å². The number of carbonyl (C=O) groups excluding carboxylic acids is 2. The highest BCUT2D eigenvalue weighted by atomic mass is 16.5. The van der Waals surface area contributed by atoms with Gasteiger partial charge in [-0.1, -0.05) is 0 Å². The molecule has 1 heterocycles. The number of aryl methyl sites for hydroxylation is 2. The normalized spacial score (nSPS) is 12.0. The van der Waals surface area contributed by atoms with E-state index < -0.39 is 12.0 Å². The molecule has 0 fully saturated rings. The highest BCUT2D eigenvalue weighted by Gasteiger charge is 2.20. The molecule has 2 N–H and O–H groups in total. The van der Waals surface area contributed by atoms with Crippen LogP contribution in [0.3, 0.4) is 0 Å². The van der Waals surface area contributed by atoms with Crippen molar-refractivity contribution in [2.24, 2.45) is 0 Å². The van der Waals surface area contributed by atoms with Crippen LogP contribution in [0.15, 0.2) is 0 Å². The van der Waals surface area contributed by atoms with Crippen LogP contribution < -0.4 is 5.32 Å². The molecule has 16 heavy (non-hydrogen) atoms. The lowest BCUT2D eigenvalue weighted by Crippen LogP contribution is -2.39. The van der Waals surface area contributed by atoms with Gasteiger partial charge < -0.3 is 10.1 Å². The van der Waals surface area contributed by atoms with Crippen molar-refractivity contribution in [3.8, 4) is 0 Å². The summed E-state index contributed by atoms with van der Waals surface area (Å²) in [7, 11) is 1.28. The van der Waals surface area contributed by atoms with E-state index in [9.17, 15) is 9.59 Å². The average molecular weight is 225 g/mol. The Morgan fingerprint density at radius 2 is 2.06 bits per heavy atom. The van der Waals surface area contributed by atoms with Gasteiger partial charge in [0, 0.05) is 5.69 Å². The molecule has 0 radical (unpaired) electrons. The van der Waals surface area contributed by atoms with Crippen LogP contribution in [0.2, 0.25) is 0 Å². The molecule has 1 unspecified atom stereocenters. The number of methoxy groups -OCH3 is 1. The van der Waals surface area contributed by atoms with Gasteiger partial charge in [0.1, 0.15) is 6.04 Å². The van der Waals surface area contributed by atoms with Gasteiger partial charge in [0.05, 0.1) is 18.4 Å². The Hall–Kier alpha value is -1.85. The number of H-pyrrole nitrogens is 1. The Morgan fingerprint density at radius 3 is 2.50 bits per heavy atom. The van der Waals surface area contributed by atoms with Crippen LogP contribution in [-0.2, 0) is 9.53 Å². The second-order valence-corrected chi connectivity index (χ2v) is 3.53. The SMILES string of the molecule is COC(=O)C(C)NC(=O)c1c(C)n[nH]c1C. The molecular weight excluding hydrogens is 210 g/mol. The summed E-state index contributed by atoms with van der Waals surface area (Å²) in [4.78, 5) is 22.9. The van der Waals surface area contributed by atoms with Crippen LogP contribution in [-0.4, -0.2) is 35.2 Å². The lowest BCUT2D eigenvalue weighted by molar-refractivity contribution is -0.142. The molecule has 0 spiro atoms. The zero-order chi connectivity index (χ0) is 12.3. The minimum atomic E-state index is -0.675. The molecule has 88 valence electrons. The first-order valence-electron chi connectivity index (χ1n) is 4.87. The number of aromatic nitrogens is 2. The highest BCUT2D eigenvalue weighted by Crippen LogP contribution is 2.09. The van der Waals surface area contributed by atoms with E-state index in [-0.39, 0.29) is 5.91 Å². The van der Waals surface area contributed by atoms with Crippen LogP contribution in [0.4, 0.5) is 0 Å². The minimum Gasteiger partial charge on any atom is -0.467 e. The van der Waals surface area contributed by atoms with Gasteiger partial charge in [0.15, 0.2) is 0 Å². The second kappa shape index (κ2) is 4.78. The van der Waals surface area contributed by atoms with E-state index in [2.05, 4.69) is 20.3 Å². The van der Waals surface area contributed by atoms with Gasteiger partial charge in [-0.05, 0) is 20.8 Å². The molecule has 1 atom stereocenters. The molecule has 0 aliphatic carbocycles. The monoisotopic (exact) mass is 225 g/mol. The van der Waals surface area contributed by atoms with E-state index in [1.54, 1.807) is 20.8 Å². The lowest BCUT2D eigenvalue weighted by atomic mass is 10.2. The van der Waals surface area contributed by atoms with Gasteiger partial charge in [-0.3, -0.25) is 9.89 Å². The van der Waals surface area contributed by atoms with Crippen molar-refractivity contribution in [1.82, 2.24) is 15.5 Å². The molecule has 6 heteroatoms. The van der Waals surface area contributed by atoms with E-state index in [4.69, 9.17) is 0 Å². The third kappa shape index (κ3) is 2.39. The Labute approximate surface area is 93.4 Å². The van der Waals surface area contributed by atoms with Crippen molar-refractivity contribution in [3.05, 3.63) is 17.0 Å². The summed E-state index contributed by atoms with van der Waals surface area (Å²) in [6, 6.07) is -0.675. The largest absolute Gasteiger partial charge is 0.467 e. The minimum absolute atomic E-state index is 0.332. The van der Waals surface area contributed by atoms with Gasteiger partial charge >= 0.3 is 5.97 Å². The Kier molecular flexibility index (Phi) is 3.65. The standard InChI is InChI=1S/C10H15N3O3/c1-5-8(6(2)13-12-5)9(14)11-7(3)10(15)16-4/h7H,1-4H3,(H,11,14)(H,12,13). The quantitative estimate of drug-likeness (QED) is 0.725. The smallest absolute Gasteiger partial charge is 0.328 e. The summed E-state index contributed by atoms with van der Waals surface area (Å²) >= 11 is 0. The van der Waals surface area contributed by atoms with Crippen LogP contribution in [0.1, 0.15) is 28.7 Å². The summed E-state index contributed by atoms with van der Waals surface area (Å²) < 4.78 is 4.51. The summed E-state index contributed by atoms with van der Waals surface area (Å²) in [6.45, 7) is 5.04. The molecule has 6 nitrogen and oxygen atoms in total. The molecule has 1 rings (SSSR count). The summed E-state index contributed by atoms with van der Waals surface area (Å²) in [6.07, 6.45) is 0. The molecular formula is C10H15N3O3. The molecule has 0 aliphatic heterocycles. The Morgan fingerprint density at radius 1 is 1.44 bits per heavy atom. The maximum atomic E-state index is 11.8. The fraction of sp³-hybridized carbons (Fsp3) is 0.500. The zero-order valence-electron chi connectivity index (χ0n) is 9.75. The van der Waals surface area contributed by atoms with Crippen molar-refractivity contribution in [1.29, 1.82) is 0 Å². The fourth-order valence-corrected chi connectivity index (χ4v) is 1.39. The number of amides is 1. The molecule has 0 aromatic carbocycles. The number of nitrogens with one attached hydrogen (secondary N) is 2. The van der Waals surface area contributed by atoms with E-state index in [0.29, 0.717) is 17.0 Å². The van der Waals surface area contributed by atoms with Crippen LogP contribution in [0.25, 0.3) is 0 Å². The van der Waals surface area contributed by atoms with Crippen LogP contribution >= 0.6 is 0 Å². The number of rotatable bonds is 3. The number of hydrogen-bond acceptors (Lipinski definition) is 4. The van der Waals surface area contributed by atoms with E-state index in [1.165, 1.54) is 7.11 Å². The summed E-state index contributed by atoms with van der Waals surface area (Å²) in [5.41, 5.74) is 1.75. The number of ether oxygens (including phenoxy) is 1. The number of hydrogen-bond donors (Lipinski definition) is 2. The summed E-state index contributed by atoms with van der Waals surface area (Å²) in [5, 5.41) is 9.16. The number of esters is 1. The average Bonchev–Trinajstić information content (AvgIpc) is 2.57. The van der Waals surface area contributed by atoms with Crippen molar-refractivity contribution >= 4 is 11.9 Å². The lowest BCUT2D eigenvalue weighted by Gasteiger charge is -2.11. The predicted octanol–water partition coefficient (Wildman–Crippen LogP) is 0.318. The van der Waals surface area contributed by atoms with Gasteiger partial charge in [-0.25, -0.2) is 4.79 Å². The predicted molar refractivity (Wildman–Crippen MR) is 57.0 cm³/mol. The van der Waals surface area contributed by atoms with Crippen molar-refractivity contribution in [2.45, 2.75) is 26.8 Å². The highest BCUT2D eigenvalue weighted by molar-refractivity contribution is 5.98. The van der Waals surface area contributed by atoms with Gasteiger partial charge in [-0.2, -0.15) is 5.10 Å². The first kappa shape index (κ1) is 12.2. The molecule has 1 aromatic rings. The van der Waals surface area contributed by atoms with Crippen molar-refractivity contribution in [3.63, 3.8) is 0 Å². The van der Waals surface area contributed by atoms with Crippen molar-refractivity contribution in [2.75, 3.05) is 7.11 Å². The Balaban J connectivity index is 2.77. The summed E-state index contributed by atoms with van der Waals surface area (Å²) in [5.74, 6) is -0.811. The molecule has 0 saturated heterocycles. The third-order valence-electron chi connectivity index (χ3n) is 2.26. The number of aromatic amines is 1. The molecule has 0 saturated carbocycles. The van der Waals surface area contributed by atoms with E-state index in [1.807, 2.05) is 0 Å². The molecule has 0 bridgehead atoms. The zero-order valence-corrected chi connectivity index (χ0v) is 9.75. The second-order valence-electron chi connectivity index (χ2n) is 3.53. The maximum absolute atomic E-state index is 11.8. The van der Waals surface area contributed by atoms with Gasteiger partial charge in [0.25, 0.3) is 5.91 Å². The maximum Gasteiger partial charge on any atom is 0.328 e. The Bertz CT molecular complexity index is 392. The number of carbonyl (C=O) groups is 2. The van der Waals surface area contributed by atoms with Crippen LogP contribution in [0.5, 0.6) is 0 Å². The van der Waals surface area contributed by atoms with Crippen molar-refractivity contribution < 1.29 is 14.3 Å². The first-order valence-corrected chi connectivity index (χ1v) is 4.87. The molecule has 0 aliphatic rings. The molecule has 1 amide bonds. The first-order chi connectivity index (χ1) is 7.47. The van der Waals surface area contributed by atoms with Gasteiger partial charge in [-0.15, -0.1) is 0 Å². The van der Waals surface area contributed by atoms with E-state index >= 15 is 0 Å². The molecule has 1 aromatic heterocycles. The topological polar surface area (TPSA) is 84.1 Å². The van der Waals surface area contributed by atoms with Crippen LogP contribution in [0, 0.1) is 13.8 Å². The fourth-order valence-electron chi connectivity index (χ4n) is 1.39. The van der Waals surface area contributed by atoms with Gasteiger partial charge in [0.2, 0.25) is 0 Å². The number of nitrogens with zero attached hydrogens (tertiary/aromatic N) is 1.